The summed E-state index contributed by atoms with van der Waals surface area (Å²) in [6.45, 7) is 2.53. The molecule has 28 heavy (non-hydrogen) atoms. The van der Waals surface area contributed by atoms with E-state index in [4.69, 9.17) is 0 Å². The van der Waals surface area contributed by atoms with Gasteiger partial charge < -0.3 is 5.32 Å². The highest BCUT2D eigenvalue weighted by atomic mass is 32.1. The quantitative estimate of drug-likeness (QED) is 0.678. The zero-order chi connectivity index (χ0) is 19.7. The van der Waals surface area contributed by atoms with Crippen LogP contribution in [0.5, 0.6) is 0 Å². The van der Waals surface area contributed by atoms with Crippen LogP contribution in [-0.2, 0) is 13.1 Å². The van der Waals surface area contributed by atoms with Gasteiger partial charge in [-0.2, -0.15) is 0 Å². The minimum absolute atomic E-state index is 0.175. The summed E-state index contributed by atoms with van der Waals surface area (Å²) in [7, 11) is 0. The Morgan fingerprint density at radius 1 is 1.04 bits per heavy atom. The van der Waals surface area contributed by atoms with Gasteiger partial charge in [0.2, 0.25) is 0 Å². The van der Waals surface area contributed by atoms with Gasteiger partial charge in [-0.1, -0.05) is 24.3 Å². The fraction of sp³-hybridized carbons (Fsp3) is 0.143. The molecule has 0 atom stereocenters. The van der Waals surface area contributed by atoms with Crippen molar-refractivity contribution in [1.29, 1.82) is 0 Å². The Labute approximate surface area is 165 Å². The van der Waals surface area contributed by atoms with Gasteiger partial charge in [0.1, 0.15) is 0 Å². The molecule has 0 saturated heterocycles. The van der Waals surface area contributed by atoms with E-state index in [1.807, 2.05) is 6.92 Å². The smallest absolute Gasteiger partial charge is 0.261 e. The van der Waals surface area contributed by atoms with E-state index in [2.05, 4.69) is 10.3 Å². The molecule has 1 aliphatic rings. The van der Waals surface area contributed by atoms with Gasteiger partial charge in [0, 0.05) is 16.6 Å². The fourth-order valence-electron chi connectivity index (χ4n) is 3.08. The number of carbonyl (C=O) groups excluding carboxylic acids is 3. The van der Waals surface area contributed by atoms with Gasteiger partial charge in [0.15, 0.2) is 0 Å². The van der Waals surface area contributed by atoms with Gasteiger partial charge in [0.05, 0.1) is 29.2 Å². The topological polar surface area (TPSA) is 79.4 Å². The SMILES string of the molecule is Cc1ncc(CNC(=O)c2ccc(CN3C(=O)c4ccccc4C3=O)cc2)s1. The number of nitrogens with zero attached hydrogens (tertiary/aromatic N) is 2. The Morgan fingerprint density at radius 2 is 1.68 bits per heavy atom. The summed E-state index contributed by atoms with van der Waals surface area (Å²) in [5.41, 5.74) is 2.17. The van der Waals surface area contributed by atoms with Gasteiger partial charge in [-0.3, -0.25) is 19.3 Å². The summed E-state index contributed by atoms with van der Waals surface area (Å²) in [6.07, 6.45) is 1.76. The lowest BCUT2D eigenvalue weighted by molar-refractivity contribution is 0.0642. The number of fused-ring (bicyclic) bond motifs is 1. The van der Waals surface area contributed by atoms with Crippen molar-refractivity contribution in [2.24, 2.45) is 0 Å². The molecule has 6 nitrogen and oxygen atoms in total. The van der Waals surface area contributed by atoms with Gasteiger partial charge in [0.25, 0.3) is 17.7 Å². The standard InChI is InChI=1S/C21H17N3O3S/c1-13-22-10-16(28-13)11-23-19(25)15-8-6-14(7-9-15)12-24-20(26)17-4-2-3-5-18(17)21(24)27/h2-10H,11-12H2,1H3,(H,23,25). The summed E-state index contributed by atoms with van der Waals surface area (Å²) in [6, 6.07) is 13.7. The van der Waals surface area contributed by atoms with Crippen molar-refractivity contribution in [2.75, 3.05) is 0 Å². The van der Waals surface area contributed by atoms with Crippen LogP contribution in [-0.4, -0.2) is 27.6 Å². The number of aromatic nitrogens is 1. The van der Waals surface area contributed by atoms with E-state index < -0.39 is 0 Å². The van der Waals surface area contributed by atoms with Crippen LogP contribution in [0.15, 0.2) is 54.7 Å². The van der Waals surface area contributed by atoms with Crippen molar-refractivity contribution in [3.8, 4) is 0 Å². The number of benzene rings is 2. The molecule has 7 heteroatoms. The number of amides is 3. The minimum Gasteiger partial charge on any atom is -0.347 e. The molecular weight excluding hydrogens is 374 g/mol. The average Bonchev–Trinajstić information content (AvgIpc) is 3.24. The van der Waals surface area contributed by atoms with Gasteiger partial charge >= 0.3 is 0 Å². The third-order valence-corrected chi connectivity index (χ3v) is 5.44. The molecule has 0 saturated carbocycles. The molecule has 3 aromatic rings. The summed E-state index contributed by atoms with van der Waals surface area (Å²) in [5, 5.41) is 3.82. The molecule has 1 N–H and O–H groups in total. The van der Waals surface area contributed by atoms with Gasteiger partial charge in [-0.25, -0.2) is 4.98 Å². The molecule has 1 aliphatic heterocycles. The van der Waals surface area contributed by atoms with Gasteiger partial charge in [-0.05, 0) is 36.8 Å². The number of hydrogen-bond donors (Lipinski definition) is 1. The summed E-state index contributed by atoms with van der Waals surface area (Å²) in [5.74, 6) is -0.761. The van der Waals surface area contributed by atoms with Crippen molar-refractivity contribution in [2.45, 2.75) is 20.0 Å². The van der Waals surface area contributed by atoms with E-state index >= 15 is 0 Å². The normalized spacial score (nSPS) is 13.0. The molecule has 1 aromatic heterocycles. The fourth-order valence-corrected chi connectivity index (χ4v) is 3.82. The maximum atomic E-state index is 12.4. The zero-order valence-electron chi connectivity index (χ0n) is 15.1. The van der Waals surface area contributed by atoms with Crippen molar-refractivity contribution < 1.29 is 14.4 Å². The zero-order valence-corrected chi connectivity index (χ0v) is 16.0. The largest absolute Gasteiger partial charge is 0.347 e. The first kappa shape index (κ1) is 18.1. The first-order valence-electron chi connectivity index (χ1n) is 8.76. The lowest BCUT2D eigenvalue weighted by atomic mass is 10.1. The van der Waals surface area contributed by atoms with Crippen molar-refractivity contribution in [3.63, 3.8) is 0 Å². The summed E-state index contributed by atoms with van der Waals surface area (Å²) in [4.78, 5) is 43.6. The third-order valence-electron chi connectivity index (χ3n) is 4.53. The number of nitrogens with one attached hydrogen (secondary N) is 1. The Hall–Kier alpha value is -3.32. The van der Waals surface area contributed by atoms with E-state index in [-0.39, 0.29) is 24.3 Å². The molecule has 0 unspecified atom stereocenters. The van der Waals surface area contributed by atoms with Gasteiger partial charge in [-0.15, -0.1) is 11.3 Å². The van der Waals surface area contributed by atoms with E-state index in [0.29, 0.717) is 23.2 Å². The number of hydrogen-bond acceptors (Lipinski definition) is 5. The Kier molecular flexibility index (Phi) is 4.75. The predicted octanol–water partition coefficient (Wildman–Crippen LogP) is 3.18. The summed E-state index contributed by atoms with van der Waals surface area (Å²) >= 11 is 1.55. The molecule has 0 aliphatic carbocycles. The highest BCUT2D eigenvalue weighted by Gasteiger charge is 2.34. The highest BCUT2D eigenvalue weighted by Crippen LogP contribution is 2.24. The van der Waals surface area contributed by atoms with Crippen LogP contribution in [0, 0.1) is 6.92 Å². The molecule has 3 amide bonds. The first-order chi connectivity index (χ1) is 13.5. The lowest BCUT2D eigenvalue weighted by Crippen LogP contribution is -2.29. The van der Waals surface area contributed by atoms with E-state index in [9.17, 15) is 14.4 Å². The first-order valence-corrected chi connectivity index (χ1v) is 9.58. The van der Waals surface area contributed by atoms with E-state index in [1.165, 1.54) is 4.90 Å². The molecule has 2 heterocycles. The number of thiazole rings is 1. The highest BCUT2D eigenvalue weighted by molar-refractivity contribution is 7.11. The molecule has 140 valence electrons. The van der Waals surface area contributed by atoms with Crippen LogP contribution < -0.4 is 5.32 Å². The second kappa shape index (κ2) is 7.36. The maximum Gasteiger partial charge on any atom is 0.261 e. The van der Waals surface area contributed by atoms with Crippen LogP contribution in [0.3, 0.4) is 0 Å². The van der Waals surface area contributed by atoms with Crippen molar-refractivity contribution >= 4 is 29.1 Å². The van der Waals surface area contributed by atoms with Crippen LogP contribution in [0.4, 0.5) is 0 Å². The second-order valence-electron chi connectivity index (χ2n) is 6.47. The van der Waals surface area contributed by atoms with Crippen LogP contribution in [0.1, 0.15) is 46.5 Å². The number of aryl methyl sites for hydroxylation is 1. The van der Waals surface area contributed by atoms with Crippen LogP contribution in [0.2, 0.25) is 0 Å². The maximum absolute atomic E-state index is 12.4. The third kappa shape index (κ3) is 3.44. The Morgan fingerprint density at radius 3 is 2.25 bits per heavy atom. The van der Waals surface area contributed by atoms with E-state index in [1.54, 1.807) is 66.1 Å². The molecule has 0 radical (unpaired) electrons. The number of carbonyl (C=O) groups is 3. The molecule has 0 fully saturated rings. The van der Waals surface area contributed by atoms with Crippen LogP contribution in [0.25, 0.3) is 0 Å². The van der Waals surface area contributed by atoms with Crippen molar-refractivity contribution in [1.82, 2.24) is 15.2 Å². The molecular formula is C21H17N3O3S. The molecule has 0 spiro atoms. The predicted molar refractivity (Wildman–Crippen MR) is 105 cm³/mol. The number of rotatable bonds is 5. The molecule has 0 bridgehead atoms. The van der Waals surface area contributed by atoms with E-state index in [0.717, 1.165) is 15.4 Å². The Balaban J connectivity index is 1.40. The lowest BCUT2D eigenvalue weighted by Gasteiger charge is -2.14. The average molecular weight is 391 g/mol. The van der Waals surface area contributed by atoms with Crippen LogP contribution >= 0.6 is 11.3 Å². The molecule has 2 aromatic carbocycles. The molecule has 4 rings (SSSR count). The Bertz CT molecular complexity index is 1040. The number of imide groups is 1. The summed E-state index contributed by atoms with van der Waals surface area (Å²) < 4.78 is 0. The second-order valence-corrected chi connectivity index (χ2v) is 7.79. The minimum atomic E-state index is -0.290. The monoisotopic (exact) mass is 391 g/mol. The van der Waals surface area contributed by atoms with Crippen molar-refractivity contribution in [3.05, 3.63) is 86.9 Å².